The largest absolute Gasteiger partial charge is 0.465 e. The Hall–Kier alpha value is -1.75. The first-order valence-corrected chi connectivity index (χ1v) is 6.61. The van der Waals surface area contributed by atoms with E-state index in [4.69, 9.17) is 9.47 Å². The molecule has 1 aliphatic rings. The maximum atomic E-state index is 12.9. The van der Waals surface area contributed by atoms with Crippen LogP contribution in [0.5, 0.6) is 0 Å². The van der Waals surface area contributed by atoms with E-state index >= 15 is 0 Å². The van der Waals surface area contributed by atoms with Crippen LogP contribution in [0.2, 0.25) is 0 Å². The number of Topliss-reactive ketones (excluding diaryl/α,β-unsaturated/α-hetero) is 1. The van der Waals surface area contributed by atoms with Crippen molar-refractivity contribution in [3.05, 3.63) is 35.6 Å². The Balaban J connectivity index is 2.28. The van der Waals surface area contributed by atoms with Gasteiger partial charge in [0.2, 0.25) is 0 Å². The molecule has 0 bridgehead atoms. The summed E-state index contributed by atoms with van der Waals surface area (Å²) in [5, 5.41) is 0. The standard InChI is InChI=1S/C15H17FO4/c1-2-20-14(18)15(10-19-8-7-13(15)17)9-11-3-5-12(16)6-4-11/h3-6H,2,7-10H2,1H3. The van der Waals surface area contributed by atoms with Crippen molar-refractivity contribution in [3.63, 3.8) is 0 Å². The van der Waals surface area contributed by atoms with Crippen molar-refractivity contribution in [2.24, 2.45) is 5.41 Å². The number of ether oxygens (including phenoxy) is 2. The number of carbonyl (C=O) groups is 2. The molecule has 20 heavy (non-hydrogen) atoms. The van der Waals surface area contributed by atoms with Crippen molar-refractivity contribution in [2.45, 2.75) is 19.8 Å². The van der Waals surface area contributed by atoms with E-state index in [1.165, 1.54) is 12.1 Å². The van der Waals surface area contributed by atoms with Crippen LogP contribution in [0, 0.1) is 11.2 Å². The molecule has 0 saturated carbocycles. The highest BCUT2D eigenvalue weighted by Crippen LogP contribution is 2.31. The van der Waals surface area contributed by atoms with Crippen molar-refractivity contribution in [1.29, 1.82) is 0 Å². The van der Waals surface area contributed by atoms with E-state index in [1.807, 2.05) is 0 Å². The molecule has 0 aromatic heterocycles. The van der Waals surface area contributed by atoms with Gasteiger partial charge in [0, 0.05) is 6.42 Å². The molecule has 1 aliphatic heterocycles. The molecule has 1 heterocycles. The van der Waals surface area contributed by atoms with Crippen molar-refractivity contribution in [1.82, 2.24) is 0 Å². The van der Waals surface area contributed by atoms with E-state index in [9.17, 15) is 14.0 Å². The monoisotopic (exact) mass is 280 g/mol. The van der Waals surface area contributed by atoms with Crippen molar-refractivity contribution in [3.8, 4) is 0 Å². The van der Waals surface area contributed by atoms with Gasteiger partial charge >= 0.3 is 5.97 Å². The van der Waals surface area contributed by atoms with E-state index in [0.717, 1.165) is 0 Å². The summed E-state index contributed by atoms with van der Waals surface area (Å²) in [6.07, 6.45) is 0.366. The van der Waals surface area contributed by atoms with Gasteiger partial charge in [0.25, 0.3) is 0 Å². The Morgan fingerprint density at radius 2 is 2.10 bits per heavy atom. The van der Waals surface area contributed by atoms with Gasteiger partial charge in [-0.25, -0.2) is 4.39 Å². The highest BCUT2D eigenvalue weighted by atomic mass is 19.1. The zero-order valence-electron chi connectivity index (χ0n) is 11.4. The van der Waals surface area contributed by atoms with Crippen LogP contribution in [0.25, 0.3) is 0 Å². The molecule has 4 nitrogen and oxygen atoms in total. The summed E-state index contributed by atoms with van der Waals surface area (Å²) >= 11 is 0. The maximum Gasteiger partial charge on any atom is 0.322 e. The Kier molecular flexibility index (Phi) is 4.49. The van der Waals surface area contributed by atoms with E-state index in [0.29, 0.717) is 12.2 Å². The van der Waals surface area contributed by atoms with Crippen LogP contribution < -0.4 is 0 Å². The Morgan fingerprint density at radius 3 is 2.70 bits per heavy atom. The number of hydrogen-bond acceptors (Lipinski definition) is 4. The minimum atomic E-state index is -1.30. The molecule has 1 aromatic rings. The van der Waals surface area contributed by atoms with E-state index in [1.54, 1.807) is 19.1 Å². The molecule has 0 spiro atoms. The lowest BCUT2D eigenvalue weighted by atomic mass is 9.76. The predicted molar refractivity (Wildman–Crippen MR) is 69.6 cm³/mol. The molecule has 1 aromatic carbocycles. The number of ketones is 1. The number of carbonyl (C=O) groups excluding carboxylic acids is 2. The van der Waals surface area contributed by atoms with Crippen LogP contribution in [0.3, 0.4) is 0 Å². The summed E-state index contributed by atoms with van der Waals surface area (Å²) in [6, 6.07) is 5.75. The van der Waals surface area contributed by atoms with Gasteiger partial charge in [-0.3, -0.25) is 9.59 Å². The number of rotatable bonds is 4. The van der Waals surface area contributed by atoms with Gasteiger partial charge in [0.1, 0.15) is 5.82 Å². The van der Waals surface area contributed by atoms with Crippen LogP contribution >= 0.6 is 0 Å². The lowest BCUT2D eigenvalue weighted by Crippen LogP contribution is -2.49. The first kappa shape index (κ1) is 14.7. The van der Waals surface area contributed by atoms with Gasteiger partial charge in [0.15, 0.2) is 11.2 Å². The van der Waals surface area contributed by atoms with Crippen LogP contribution in [0.15, 0.2) is 24.3 Å². The van der Waals surface area contributed by atoms with Gasteiger partial charge < -0.3 is 9.47 Å². The molecule has 1 fully saturated rings. The number of esters is 1. The molecule has 0 aliphatic carbocycles. The molecule has 108 valence electrons. The minimum absolute atomic E-state index is 0.0159. The third-order valence-electron chi connectivity index (χ3n) is 3.44. The van der Waals surface area contributed by atoms with Gasteiger partial charge in [-0.15, -0.1) is 0 Å². The molecule has 5 heteroatoms. The van der Waals surface area contributed by atoms with Gasteiger partial charge in [-0.2, -0.15) is 0 Å². The van der Waals surface area contributed by atoms with Gasteiger partial charge in [-0.05, 0) is 31.0 Å². The highest BCUT2D eigenvalue weighted by Gasteiger charge is 2.48. The maximum absolute atomic E-state index is 12.9. The molecule has 0 amide bonds. The van der Waals surface area contributed by atoms with Crippen molar-refractivity contribution < 1.29 is 23.5 Å². The van der Waals surface area contributed by atoms with Crippen molar-refractivity contribution in [2.75, 3.05) is 19.8 Å². The lowest BCUT2D eigenvalue weighted by Gasteiger charge is -2.33. The van der Waals surface area contributed by atoms with E-state index < -0.39 is 11.4 Å². The Bertz CT molecular complexity index is 497. The highest BCUT2D eigenvalue weighted by molar-refractivity contribution is 6.04. The fourth-order valence-electron chi connectivity index (χ4n) is 2.35. The first-order valence-electron chi connectivity index (χ1n) is 6.61. The summed E-state index contributed by atoms with van der Waals surface area (Å²) in [6.45, 7) is 2.24. The molecule has 1 unspecified atom stereocenters. The third kappa shape index (κ3) is 2.88. The molecule has 1 saturated heterocycles. The summed E-state index contributed by atoms with van der Waals surface area (Å²) in [4.78, 5) is 24.5. The molecule has 0 radical (unpaired) electrons. The van der Waals surface area contributed by atoms with Crippen molar-refractivity contribution >= 4 is 11.8 Å². The topological polar surface area (TPSA) is 52.6 Å². The van der Waals surface area contributed by atoms with Gasteiger partial charge in [-0.1, -0.05) is 12.1 Å². The normalized spacial score (nSPS) is 22.6. The summed E-state index contributed by atoms with van der Waals surface area (Å²) in [7, 11) is 0. The third-order valence-corrected chi connectivity index (χ3v) is 3.44. The summed E-state index contributed by atoms with van der Waals surface area (Å²) in [5.74, 6) is -1.09. The Morgan fingerprint density at radius 1 is 1.40 bits per heavy atom. The average Bonchev–Trinajstić information content (AvgIpc) is 2.44. The second-order valence-corrected chi connectivity index (χ2v) is 4.83. The van der Waals surface area contributed by atoms with E-state index in [-0.39, 0.29) is 37.7 Å². The average molecular weight is 280 g/mol. The predicted octanol–water partition coefficient (Wildman–Crippen LogP) is 1.91. The SMILES string of the molecule is CCOC(=O)C1(Cc2ccc(F)cc2)COCCC1=O. The zero-order chi connectivity index (χ0) is 14.6. The first-order chi connectivity index (χ1) is 9.58. The summed E-state index contributed by atoms with van der Waals surface area (Å²) < 4.78 is 23.3. The van der Waals surface area contributed by atoms with E-state index in [2.05, 4.69) is 0 Å². The van der Waals surface area contributed by atoms with Gasteiger partial charge in [0.05, 0.1) is 19.8 Å². The minimum Gasteiger partial charge on any atom is -0.465 e. The van der Waals surface area contributed by atoms with Crippen LogP contribution in [0.1, 0.15) is 18.9 Å². The number of benzene rings is 1. The molecular formula is C15H17FO4. The number of halogens is 1. The fourth-order valence-corrected chi connectivity index (χ4v) is 2.35. The number of hydrogen-bond donors (Lipinski definition) is 0. The zero-order valence-corrected chi connectivity index (χ0v) is 11.4. The van der Waals surface area contributed by atoms with Crippen LogP contribution in [0.4, 0.5) is 4.39 Å². The smallest absolute Gasteiger partial charge is 0.322 e. The molecule has 1 atom stereocenters. The Labute approximate surface area is 116 Å². The van der Waals surface area contributed by atoms with Crippen LogP contribution in [-0.4, -0.2) is 31.6 Å². The quantitative estimate of drug-likeness (QED) is 0.624. The molecular weight excluding hydrogens is 263 g/mol. The fraction of sp³-hybridized carbons (Fsp3) is 0.467. The molecule has 0 N–H and O–H groups in total. The lowest BCUT2D eigenvalue weighted by molar-refractivity contribution is -0.169. The van der Waals surface area contributed by atoms with Crippen LogP contribution in [-0.2, 0) is 25.5 Å². The molecule has 2 rings (SSSR count). The summed E-state index contributed by atoms with van der Waals surface area (Å²) in [5.41, 5.74) is -0.593. The second-order valence-electron chi connectivity index (χ2n) is 4.83. The second kappa shape index (κ2) is 6.13.